The van der Waals surface area contributed by atoms with Gasteiger partial charge in [-0.25, -0.2) is 0 Å². The normalized spacial score (nSPS) is 10.4. The number of halogens is 2. The zero-order valence-electron chi connectivity index (χ0n) is 8.58. The van der Waals surface area contributed by atoms with E-state index in [1.165, 1.54) is 9.13 Å². The van der Waals surface area contributed by atoms with Crippen LogP contribution in [0.15, 0.2) is 42.5 Å². The van der Waals surface area contributed by atoms with Crippen LogP contribution in [-0.2, 0) is 6.42 Å². The third-order valence-electron chi connectivity index (χ3n) is 2.41. The van der Waals surface area contributed by atoms with E-state index in [0.717, 1.165) is 22.7 Å². The lowest BCUT2D eigenvalue weighted by Gasteiger charge is -2.06. The van der Waals surface area contributed by atoms with Gasteiger partial charge in [-0.3, -0.25) is 0 Å². The molecule has 0 atom stereocenters. The second kappa shape index (κ2) is 5.06. The Balaban J connectivity index is 2.26. The van der Waals surface area contributed by atoms with E-state index in [9.17, 15) is 0 Å². The van der Waals surface area contributed by atoms with E-state index < -0.39 is 0 Å². The van der Waals surface area contributed by atoms with Gasteiger partial charge in [-0.15, -0.1) is 0 Å². The lowest BCUT2D eigenvalue weighted by Crippen LogP contribution is -1.96. The average Bonchev–Trinajstić information content (AvgIpc) is 2.27. The molecule has 0 saturated carbocycles. The Morgan fingerprint density at radius 3 is 2.44 bits per heavy atom. The molecule has 0 aliphatic rings. The molecule has 0 aliphatic heterocycles. The van der Waals surface area contributed by atoms with Crippen molar-refractivity contribution in [2.24, 2.45) is 0 Å². The van der Waals surface area contributed by atoms with Crippen LogP contribution in [0.4, 0.5) is 5.69 Å². The quantitative estimate of drug-likeness (QED) is 0.644. The number of hydrogen-bond acceptors (Lipinski definition) is 1. The van der Waals surface area contributed by atoms with Gasteiger partial charge in [-0.1, -0.05) is 23.7 Å². The summed E-state index contributed by atoms with van der Waals surface area (Å²) in [5.41, 5.74) is 9.16. The molecule has 0 aliphatic carbocycles. The van der Waals surface area contributed by atoms with Gasteiger partial charge in [0.1, 0.15) is 0 Å². The molecule has 0 bridgehead atoms. The molecule has 3 heteroatoms. The average molecular weight is 344 g/mol. The molecule has 0 heterocycles. The van der Waals surface area contributed by atoms with Crippen LogP contribution in [0.2, 0.25) is 5.02 Å². The number of nitrogen functional groups attached to an aromatic ring is 1. The second-order valence-electron chi connectivity index (χ2n) is 3.65. The van der Waals surface area contributed by atoms with Crippen molar-refractivity contribution in [3.63, 3.8) is 0 Å². The Morgan fingerprint density at radius 1 is 1.06 bits per heavy atom. The van der Waals surface area contributed by atoms with E-state index in [-0.39, 0.29) is 0 Å². The second-order valence-corrected chi connectivity index (χ2v) is 5.33. The summed E-state index contributed by atoms with van der Waals surface area (Å²) in [4.78, 5) is 0. The van der Waals surface area contributed by atoms with Crippen LogP contribution < -0.4 is 5.73 Å². The van der Waals surface area contributed by atoms with Crippen LogP contribution in [0.5, 0.6) is 0 Å². The van der Waals surface area contributed by atoms with E-state index in [0.29, 0.717) is 0 Å². The van der Waals surface area contributed by atoms with Crippen molar-refractivity contribution < 1.29 is 0 Å². The van der Waals surface area contributed by atoms with Gasteiger partial charge in [-0.05, 0) is 70.5 Å². The van der Waals surface area contributed by atoms with Gasteiger partial charge in [0.15, 0.2) is 0 Å². The van der Waals surface area contributed by atoms with Crippen molar-refractivity contribution in [1.29, 1.82) is 0 Å². The van der Waals surface area contributed by atoms with Crippen LogP contribution in [-0.4, -0.2) is 0 Å². The highest BCUT2D eigenvalue weighted by atomic mass is 127. The van der Waals surface area contributed by atoms with Gasteiger partial charge in [0.25, 0.3) is 0 Å². The highest BCUT2D eigenvalue weighted by molar-refractivity contribution is 14.1. The maximum absolute atomic E-state index is 5.94. The Hall–Kier alpha value is -0.740. The van der Waals surface area contributed by atoms with Gasteiger partial charge < -0.3 is 5.73 Å². The minimum Gasteiger partial charge on any atom is -0.398 e. The first-order chi connectivity index (χ1) is 7.65. The van der Waals surface area contributed by atoms with Gasteiger partial charge in [-0.2, -0.15) is 0 Å². The zero-order valence-corrected chi connectivity index (χ0v) is 11.5. The first-order valence-corrected chi connectivity index (χ1v) is 6.39. The van der Waals surface area contributed by atoms with E-state index in [4.69, 9.17) is 17.3 Å². The molecule has 2 aromatic rings. The minimum absolute atomic E-state index is 0.763. The van der Waals surface area contributed by atoms with Crippen molar-refractivity contribution in [1.82, 2.24) is 0 Å². The first-order valence-electron chi connectivity index (χ1n) is 4.93. The molecule has 82 valence electrons. The van der Waals surface area contributed by atoms with Crippen molar-refractivity contribution in [3.05, 3.63) is 62.2 Å². The lowest BCUT2D eigenvalue weighted by molar-refractivity contribution is 1.19. The summed E-state index contributed by atoms with van der Waals surface area (Å²) in [6.45, 7) is 0. The van der Waals surface area contributed by atoms with Gasteiger partial charge in [0.05, 0.1) is 0 Å². The van der Waals surface area contributed by atoms with E-state index in [1.54, 1.807) is 0 Å². The molecule has 0 amide bonds. The highest BCUT2D eigenvalue weighted by Gasteiger charge is 2.01. The Bertz CT molecular complexity index is 494. The van der Waals surface area contributed by atoms with Crippen LogP contribution in [0, 0.1) is 3.57 Å². The van der Waals surface area contributed by atoms with E-state index in [2.05, 4.69) is 28.7 Å². The summed E-state index contributed by atoms with van der Waals surface area (Å²) in [6, 6.07) is 13.9. The van der Waals surface area contributed by atoms with Crippen molar-refractivity contribution in [2.75, 3.05) is 5.73 Å². The Morgan fingerprint density at radius 2 is 1.75 bits per heavy atom. The number of anilines is 1. The van der Waals surface area contributed by atoms with E-state index in [1.807, 2.05) is 36.4 Å². The summed E-state index contributed by atoms with van der Waals surface area (Å²) in [6.07, 6.45) is 0.847. The van der Waals surface area contributed by atoms with Crippen LogP contribution >= 0.6 is 34.2 Å². The number of hydrogen-bond donors (Lipinski definition) is 1. The summed E-state index contributed by atoms with van der Waals surface area (Å²) < 4.78 is 1.20. The van der Waals surface area contributed by atoms with Crippen molar-refractivity contribution in [2.45, 2.75) is 6.42 Å². The minimum atomic E-state index is 0.763. The molecule has 2 N–H and O–H groups in total. The molecule has 0 radical (unpaired) electrons. The summed E-state index contributed by atoms with van der Waals surface area (Å²) in [5.74, 6) is 0. The van der Waals surface area contributed by atoms with Gasteiger partial charge in [0, 0.05) is 14.3 Å². The smallest absolute Gasteiger partial charge is 0.0406 e. The third kappa shape index (κ3) is 2.89. The van der Waals surface area contributed by atoms with Crippen LogP contribution in [0.1, 0.15) is 11.1 Å². The zero-order chi connectivity index (χ0) is 11.5. The van der Waals surface area contributed by atoms with Crippen LogP contribution in [0.25, 0.3) is 0 Å². The van der Waals surface area contributed by atoms with Gasteiger partial charge >= 0.3 is 0 Å². The summed E-state index contributed by atoms with van der Waals surface area (Å²) >= 11 is 8.14. The maximum atomic E-state index is 5.94. The van der Waals surface area contributed by atoms with Crippen LogP contribution in [0.3, 0.4) is 0 Å². The van der Waals surface area contributed by atoms with Gasteiger partial charge in [0.2, 0.25) is 0 Å². The summed E-state index contributed by atoms with van der Waals surface area (Å²) in [5, 5.41) is 0.763. The molecule has 0 fully saturated rings. The molecule has 0 unspecified atom stereocenters. The standard InChI is InChI=1S/C13H11ClIN/c14-11-3-1-9(2-4-11)7-10-8-12(15)5-6-13(10)16/h1-6,8H,7,16H2. The molecule has 16 heavy (non-hydrogen) atoms. The fraction of sp³-hybridized carbons (Fsp3) is 0.0769. The van der Waals surface area contributed by atoms with Crippen molar-refractivity contribution >= 4 is 39.9 Å². The van der Waals surface area contributed by atoms with E-state index >= 15 is 0 Å². The first kappa shape index (κ1) is 11.7. The summed E-state index contributed by atoms with van der Waals surface area (Å²) in [7, 11) is 0. The molecule has 0 saturated heterocycles. The SMILES string of the molecule is Nc1ccc(I)cc1Cc1ccc(Cl)cc1. The largest absolute Gasteiger partial charge is 0.398 e. The molecule has 2 rings (SSSR count). The highest BCUT2D eigenvalue weighted by Crippen LogP contribution is 2.20. The topological polar surface area (TPSA) is 26.0 Å². The fourth-order valence-electron chi connectivity index (χ4n) is 1.55. The molecule has 2 aromatic carbocycles. The lowest BCUT2D eigenvalue weighted by atomic mass is 10.0. The Labute approximate surface area is 114 Å². The monoisotopic (exact) mass is 343 g/mol. The fourth-order valence-corrected chi connectivity index (χ4v) is 2.23. The third-order valence-corrected chi connectivity index (χ3v) is 3.34. The molecule has 0 spiro atoms. The predicted octanol–water partition coefficient (Wildman–Crippen LogP) is 4.12. The molecular weight excluding hydrogens is 333 g/mol. The predicted molar refractivity (Wildman–Crippen MR) is 77.8 cm³/mol. The molecule has 0 aromatic heterocycles. The molecular formula is C13H11ClIN. The maximum Gasteiger partial charge on any atom is 0.0406 e. The van der Waals surface area contributed by atoms with Crippen molar-refractivity contribution in [3.8, 4) is 0 Å². The number of nitrogens with two attached hydrogens (primary N) is 1. The Kier molecular flexibility index (Phi) is 3.71. The number of benzene rings is 2. The molecule has 1 nitrogen and oxygen atoms in total. The number of rotatable bonds is 2.